The van der Waals surface area contributed by atoms with E-state index in [0.717, 1.165) is 18.4 Å². The maximum Gasteiger partial charge on any atom is 0.321 e. The van der Waals surface area contributed by atoms with Crippen LogP contribution in [0.25, 0.3) is 0 Å². The minimum absolute atomic E-state index is 0.196. The number of aliphatic hydroxyl groups excluding tert-OH is 1. The minimum Gasteiger partial charge on any atom is -0.391 e. The van der Waals surface area contributed by atoms with Crippen molar-refractivity contribution in [2.45, 2.75) is 50.2 Å². The summed E-state index contributed by atoms with van der Waals surface area (Å²) in [5.74, 6) is 0.468. The zero-order valence-corrected chi connectivity index (χ0v) is 14.9. The van der Waals surface area contributed by atoms with Crippen molar-refractivity contribution in [3.63, 3.8) is 0 Å². The molecular weight excluding hydrogens is 312 g/mol. The van der Waals surface area contributed by atoms with E-state index in [1.165, 1.54) is 0 Å². The Bertz CT molecular complexity index is 583. The molecule has 1 saturated heterocycles. The van der Waals surface area contributed by atoms with Crippen molar-refractivity contribution >= 4 is 22.5 Å². The van der Waals surface area contributed by atoms with Crippen LogP contribution in [0.3, 0.4) is 0 Å². The van der Waals surface area contributed by atoms with Crippen LogP contribution >= 0.6 is 0 Å². The first kappa shape index (κ1) is 17.9. The van der Waals surface area contributed by atoms with Crippen LogP contribution in [0, 0.1) is 0 Å². The van der Waals surface area contributed by atoms with Crippen LogP contribution in [-0.4, -0.2) is 44.2 Å². The summed E-state index contributed by atoms with van der Waals surface area (Å²) in [6.45, 7) is 6.90. The molecule has 2 rings (SSSR count). The lowest BCUT2D eigenvalue weighted by Crippen LogP contribution is -2.44. The van der Waals surface area contributed by atoms with Crippen LogP contribution in [0.2, 0.25) is 0 Å². The number of urea groups is 1. The Morgan fingerprint density at radius 2 is 2.17 bits per heavy atom. The summed E-state index contributed by atoms with van der Waals surface area (Å²) in [6, 6.07) is 7.27. The van der Waals surface area contributed by atoms with Gasteiger partial charge in [0.05, 0.1) is 6.10 Å². The fourth-order valence-corrected chi connectivity index (χ4v) is 3.36. The molecule has 2 N–H and O–H groups in total. The second-order valence-corrected chi connectivity index (χ2v) is 9.18. The number of carbonyl (C=O) groups excluding carboxylic acids is 1. The molecule has 0 bridgehead atoms. The number of β-amino-alcohol motifs (C(OH)–C–C–N with tert-alkyl or cyclic N) is 1. The van der Waals surface area contributed by atoms with E-state index >= 15 is 0 Å². The molecule has 0 aromatic heterocycles. The van der Waals surface area contributed by atoms with Crippen molar-refractivity contribution in [1.82, 2.24) is 4.90 Å². The highest BCUT2D eigenvalue weighted by Gasteiger charge is 2.22. The Balaban J connectivity index is 1.99. The Morgan fingerprint density at radius 3 is 2.83 bits per heavy atom. The Labute approximate surface area is 140 Å². The Hall–Kier alpha value is -1.40. The summed E-state index contributed by atoms with van der Waals surface area (Å²) in [7, 11) is -0.974. The van der Waals surface area contributed by atoms with Crippen LogP contribution in [-0.2, 0) is 16.6 Å². The number of hydrogen-bond donors (Lipinski definition) is 2. The lowest BCUT2D eigenvalue weighted by atomic mass is 10.1. The van der Waals surface area contributed by atoms with Crippen molar-refractivity contribution in [3.05, 3.63) is 29.8 Å². The van der Waals surface area contributed by atoms with E-state index in [4.69, 9.17) is 0 Å². The molecule has 0 aliphatic carbocycles. The molecule has 128 valence electrons. The third kappa shape index (κ3) is 5.32. The van der Waals surface area contributed by atoms with Gasteiger partial charge in [0.25, 0.3) is 0 Å². The topological polar surface area (TPSA) is 69.6 Å². The number of rotatable bonds is 3. The largest absolute Gasteiger partial charge is 0.391 e. The average molecular weight is 338 g/mol. The van der Waals surface area contributed by atoms with Gasteiger partial charge in [0, 0.05) is 40.1 Å². The highest BCUT2D eigenvalue weighted by atomic mass is 32.2. The smallest absolute Gasteiger partial charge is 0.321 e. The number of anilines is 1. The van der Waals surface area contributed by atoms with Crippen molar-refractivity contribution in [2.24, 2.45) is 0 Å². The molecule has 1 aliphatic heterocycles. The van der Waals surface area contributed by atoms with Crippen LogP contribution < -0.4 is 5.32 Å². The van der Waals surface area contributed by atoms with Gasteiger partial charge in [-0.3, -0.25) is 4.21 Å². The predicted molar refractivity (Wildman–Crippen MR) is 93.9 cm³/mol. The molecule has 0 spiro atoms. The van der Waals surface area contributed by atoms with Gasteiger partial charge >= 0.3 is 6.03 Å². The molecule has 1 aromatic rings. The second kappa shape index (κ2) is 7.45. The normalized spacial score (nSPS) is 20.2. The third-order valence-electron chi connectivity index (χ3n) is 3.84. The van der Waals surface area contributed by atoms with Crippen LogP contribution in [0.5, 0.6) is 0 Å². The fraction of sp³-hybridized carbons (Fsp3) is 0.588. The van der Waals surface area contributed by atoms with Crippen LogP contribution in [0.15, 0.2) is 24.3 Å². The van der Waals surface area contributed by atoms with Gasteiger partial charge in [-0.2, -0.15) is 0 Å². The number of nitrogens with zero attached hydrogens (tertiary/aromatic N) is 1. The van der Waals surface area contributed by atoms with E-state index in [1.807, 2.05) is 45.0 Å². The van der Waals surface area contributed by atoms with E-state index in [-0.39, 0.29) is 10.8 Å². The number of nitrogens with one attached hydrogen (secondary N) is 1. The first-order valence-electron chi connectivity index (χ1n) is 7.97. The summed E-state index contributed by atoms with van der Waals surface area (Å²) >= 11 is 0. The summed E-state index contributed by atoms with van der Waals surface area (Å²) in [5.41, 5.74) is 1.63. The van der Waals surface area contributed by atoms with E-state index in [9.17, 15) is 14.1 Å². The minimum atomic E-state index is -0.974. The second-order valence-electron chi connectivity index (χ2n) is 6.97. The summed E-state index contributed by atoms with van der Waals surface area (Å²) in [6.07, 6.45) is 1.13. The summed E-state index contributed by atoms with van der Waals surface area (Å²) < 4.78 is 12.0. The maximum atomic E-state index is 12.2. The van der Waals surface area contributed by atoms with Crippen molar-refractivity contribution in [3.8, 4) is 0 Å². The standard InChI is InChI=1S/C17H26N2O3S/c1-17(2,3)23(22)12-13-6-4-7-14(10-13)18-16(21)19-9-5-8-15(20)11-19/h4,6-7,10,15,20H,5,8-9,11-12H2,1-3H3,(H,18,21)/t15-,23-/m1/s1. The maximum absolute atomic E-state index is 12.2. The lowest BCUT2D eigenvalue weighted by molar-refractivity contribution is 0.0883. The molecule has 0 radical (unpaired) electrons. The molecule has 0 unspecified atom stereocenters. The molecule has 0 saturated carbocycles. The number of likely N-dealkylation sites (tertiary alicyclic amines) is 1. The molecule has 5 nitrogen and oxygen atoms in total. The van der Waals surface area contributed by atoms with Gasteiger partial charge < -0.3 is 15.3 Å². The number of carbonyl (C=O) groups is 1. The highest BCUT2D eigenvalue weighted by Crippen LogP contribution is 2.19. The van der Waals surface area contributed by atoms with Gasteiger partial charge in [-0.25, -0.2) is 4.79 Å². The molecule has 2 amide bonds. The SMILES string of the molecule is CC(C)(C)[S@](=O)Cc1cccc(NC(=O)N2CCC[C@@H](O)C2)c1. The summed E-state index contributed by atoms with van der Waals surface area (Å²) in [4.78, 5) is 13.9. The van der Waals surface area contributed by atoms with E-state index in [0.29, 0.717) is 24.5 Å². The van der Waals surface area contributed by atoms with Crippen LogP contribution in [0.1, 0.15) is 39.2 Å². The zero-order valence-electron chi connectivity index (χ0n) is 14.0. The fourth-order valence-electron chi connectivity index (χ4n) is 2.45. The first-order chi connectivity index (χ1) is 10.8. The molecule has 2 atom stereocenters. The van der Waals surface area contributed by atoms with Gasteiger partial charge in [0.1, 0.15) is 0 Å². The van der Waals surface area contributed by atoms with E-state index in [2.05, 4.69) is 5.32 Å². The molecular formula is C17H26N2O3S. The number of piperidine rings is 1. The number of amides is 2. The number of hydrogen-bond acceptors (Lipinski definition) is 3. The van der Waals surface area contributed by atoms with Crippen molar-refractivity contribution < 1.29 is 14.1 Å². The van der Waals surface area contributed by atoms with Crippen LogP contribution in [0.4, 0.5) is 10.5 Å². The van der Waals surface area contributed by atoms with E-state index in [1.54, 1.807) is 4.90 Å². The third-order valence-corrected chi connectivity index (χ3v) is 5.80. The van der Waals surface area contributed by atoms with E-state index < -0.39 is 16.9 Å². The van der Waals surface area contributed by atoms with Gasteiger partial charge in [0.2, 0.25) is 0 Å². The van der Waals surface area contributed by atoms with Gasteiger partial charge in [-0.1, -0.05) is 12.1 Å². The Morgan fingerprint density at radius 1 is 1.43 bits per heavy atom. The van der Waals surface area contributed by atoms with Gasteiger partial charge in [-0.05, 0) is 51.3 Å². The van der Waals surface area contributed by atoms with Crippen molar-refractivity contribution in [2.75, 3.05) is 18.4 Å². The van der Waals surface area contributed by atoms with Gasteiger partial charge in [-0.15, -0.1) is 0 Å². The molecule has 6 heteroatoms. The molecule has 1 fully saturated rings. The molecule has 1 heterocycles. The quantitative estimate of drug-likeness (QED) is 0.890. The summed E-state index contributed by atoms with van der Waals surface area (Å²) in [5, 5.41) is 12.5. The highest BCUT2D eigenvalue weighted by molar-refractivity contribution is 7.85. The molecule has 1 aliphatic rings. The first-order valence-corrected chi connectivity index (χ1v) is 9.29. The predicted octanol–water partition coefficient (Wildman–Crippen LogP) is 2.72. The number of benzene rings is 1. The lowest BCUT2D eigenvalue weighted by Gasteiger charge is -2.30. The van der Waals surface area contributed by atoms with Crippen molar-refractivity contribution in [1.29, 1.82) is 0 Å². The zero-order chi connectivity index (χ0) is 17.0. The molecule has 1 aromatic carbocycles. The number of aliphatic hydroxyl groups is 1. The molecule has 23 heavy (non-hydrogen) atoms. The monoisotopic (exact) mass is 338 g/mol. The van der Waals surface area contributed by atoms with Gasteiger partial charge in [0.15, 0.2) is 0 Å². The Kier molecular flexibility index (Phi) is 5.81. The average Bonchev–Trinajstić information content (AvgIpc) is 2.46.